The standard InChI is InChI=1S/C21H20N2O3S/c1-15-18(23-21(25)22-13-16-8-4-2-5-9-16)12-19(27-15)20(24)26-14-17-10-6-3-7-11-17/h2-12H,13-14H2,1H3,(H2,22,23,25). The third-order valence-corrected chi connectivity index (χ3v) is 4.91. The topological polar surface area (TPSA) is 67.4 Å². The quantitative estimate of drug-likeness (QED) is 0.607. The second kappa shape index (κ2) is 9.00. The molecule has 1 aromatic heterocycles. The SMILES string of the molecule is Cc1sc(C(=O)OCc2ccccc2)cc1NC(=O)NCc1ccccc1. The van der Waals surface area contributed by atoms with E-state index < -0.39 is 5.97 Å². The summed E-state index contributed by atoms with van der Waals surface area (Å²) in [6, 6.07) is 20.5. The van der Waals surface area contributed by atoms with Crippen LogP contribution in [0.2, 0.25) is 0 Å². The van der Waals surface area contributed by atoms with E-state index in [9.17, 15) is 9.59 Å². The minimum atomic E-state index is -0.398. The van der Waals surface area contributed by atoms with Crippen molar-refractivity contribution < 1.29 is 14.3 Å². The van der Waals surface area contributed by atoms with Crippen LogP contribution in [0.1, 0.15) is 25.7 Å². The van der Waals surface area contributed by atoms with E-state index in [1.165, 1.54) is 11.3 Å². The molecule has 0 radical (unpaired) electrons. The van der Waals surface area contributed by atoms with Crippen molar-refractivity contribution in [1.29, 1.82) is 0 Å². The smallest absolute Gasteiger partial charge is 0.348 e. The van der Waals surface area contributed by atoms with Crippen LogP contribution in [0.5, 0.6) is 0 Å². The van der Waals surface area contributed by atoms with Crippen molar-refractivity contribution >= 4 is 29.0 Å². The number of benzene rings is 2. The first-order valence-electron chi connectivity index (χ1n) is 8.52. The summed E-state index contributed by atoms with van der Waals surface area (Å²) in [5.41, 5.74) is 2.55. The maximum atomic E-state index is 12.2. The third-order valence-electron chi connectivity index (χ3n) is 3.88. The van der Waals surface area contributed by atoms with Crippen molar-refractivity contribution in [3.63, 3.8) is 0 Å². The highest BCUT2D eigenvalue weighted by Crippen LogP contribution is 2.27. The highest BCUT2D eigenvalue weighted by atomic mass is 32.1. The van der Waals surface area contributed by atoms with Crippen LogP contribution < -0.4 is 10.6 Å². The van der Waals surface area contributed by atoms with Gasteiger partial charge in [0.05, 0.1) is 5.69 Å². The second-order valence-corrected chi connectivity index (χ2v) is 7.19. The molecule has 2 amide bonds. The lowest BCUT2D eigenvalue weighted by Crippen LogP contribution is -2.28. The van der Waals surface area contributed by atoms with Gasteiger partial charge in [-0.3, -0.25) is 0 Å². The molecule has 27 heavy (non-hydrogen) atoms. The van der Waals surface area contributed by atoms with E-state index in [-0.39, 0.29) is 12.6 Å². The van der Waals surface area contributed by atoms with E-state index in [0.717, 1.165) is 16.0 Å². The Morgan fingerprint density at radius 2 is 1.59 bits per heavy atom. The highest BCUT2D eigenvalue weighted by molar-refractivity contribution is 7.14. The van der Waals surface area contributed by atoms with E-state index in [0.29, 0.717) is 17.1 Å². The Hall–Kier alpha value is -3.12. The molecule has 0 unspecified atom stereocenters. The van der Waals surface area contributed by atoms with E-state index in [2.05, 4.69) is 10.6 Å². The van der Waals surface area contributed by atoms with Crippen LogP contribution in [0, 0.1) is 6.92 Å². The maximum absolute atomic E-state index is 12.2. The summed E-state index contributed by atoms with van der Waals surface area (Å²) in [5.74, 6) is -0.398. The van der Waals surface area contributed by atoms with E-state index >= 15 is 0 Å². The minimum absolute atomic E-state index is 0.219. The average molecular weight is 380 g/mol. The van der Waals surface area contributed by atoms with Gasteiger partial charge in [0.1, 0.15) is 11.5 Å². The first kappa shape index (κ1) is 18.7. The van der Waals surface area contributed by atoms with Crippen LogP contribution in [0.3, 0.4) is 0 Å². The number of amides is 2. The number of ether oxygens (including phenoxy) is 1. The molecule has 3 rings (SSSR count). The Morgan fingerprint density at radius 3 is 2.26 bits per heavy atom. The van der Waals surface area contributed by atoms with Gasteiger partial charge in [-0.2, -0.15) is 0 Å². The number of rotatable bonds is 6. The molecule has 138 valence electrons. The fourth-order valence-electron chi connectivity index (χ4n) is 2.45. The van der Waals surface area contributed by atoms with Gasteiger partial charge in [0.15, 0.2) is 0 Å². The van der Waals surface area contributed by atoms with Crippen molar-refractivity contribution in [2.75, 3.05) is 5.32 Å². The van der Waals surface area contributed by atoms with Gasteiger partial charge >= 0.3 is 12.0 Å². The Morgan fingerprint density at radius 1 is 0.963 bits per heavy atom. The number of carbonyl (C=O) groups excluding carboxylic acids is 2. The maximum Gasteiger partial charge on any atom is 0.348 e. The number of esters is 1. The number of hydrogen-bond donors (Lipinski definition) is 2. The Balaban J connectivity index is 1.54. The molecule has 0 saturated carbocycles. The van der Waals surface area contributed by atoms with Crippen LogP contribution in [0.25, 0.3) is 0 Å². The van der Waals surface area contributed by atoms with Gasteiger partial charge in [-0.05, 0) is 24.1 Å². The minimum Gasteiger partial charge on any atom is -0.457 e. The molecular weight excluding hydrogens is 360 g/mol. The molecule has 0 saturated heterocycles. The monoisotopic (exact) mass is 380 g/mol. The van der Waals surface area contributed by atoms with Gasteiger partial charge in [0, 0.05) is 11.4 Å². The summed E-state index contributed by atoms with van der Waals surface area (Å²) in [6.45, 7) is 2.50. The number of nitrogens with one attached hydrogen (secondary N) is 2. The fraction of sp³-hybridized carbons (Fsp3) is 0.143. The molecule has 3 aromatic rings. The lowest BCUT2D eigenvalue weighted by molar-refractivity contribution is 0.0478. The summed E-state index contributed by atoms with van der Waals surface area (Å²) in [7, 11) is 0. The Bertz CT molecular complexity index is 908. The summed E-state index contributed by atoms with van der Waals surface area (Å²) < 4.78 is 5.34. The Kier molecular flexibility index (Phi) is 6.22. The molecule has 0 aliphatic carbocycles. The molecule has 2 aromatic carbocycles. The fourth-order valence-corrected chi connectivity index (χ4v) is 3.31. The summed E-state index contributed by atoms with van der Waals surface area (Å²) in [4.78, 5) is 25.6. The van der Waals surface area contributed by atoms with E-state index in [4.69, 9.17) is 4.74 Å². The average Bonchev–Trinajstić information content (AvgIpc) is 3.06. The zero-order valence-electron chi connectivity index (χ0n) is 14.9. The number of thiophene rings is 1. The van der Waals surface area contributed by atoms with Crippen molar-refractivity contribution in [3.8, 4) is 0 Å². The van der Waals surface area contributed by atoms with Gasteiger partial charge in [-0.15, -0.1) is 11.3 Å². The molecule has 0 atom stereocenters. The number of urea groups is 1. The van der Waals surface area contributed by atoms with Crippen LogP contribution in [0.15, 0.2) is 66.7 Å². The predicted octanol–water partition coefficient (Wildman–Crippen LogP) is 4.74. The van der Waals surface area contributed by atoms with Crippen molar-refractivity contribution in [3.05, 3.63) is 87.6 Å². The summed E-state index contributed by atoms with van der Waals surface area (Å²) in [6.07, 6.45) is 0. The number of carbonyl (C=O) groups is 2. The summed E-state index contributed by atoms with van der Waals surface area (Å²) >= 11 is 1.30. The van der Waals surface area contributed by atoms with Gasteiger partial charge in [-0.1, -0.05) is 60.7 Å². The number of aryl methyl sites for hydroxylation is 1. The van der Waals surface area contributed by atoms with Gasteiger partial charge < -0.3 is 15.4 Å². The normalized spacial score (nSPS) is 10.3. The van der Waals surface area contributed by atoms with Crippen LogP contribution >= 0.6 is 11.3 Å². The first-order valence-corrected chi connectivity index (χ1v) is 9.34. The number of hydrogen-bond acceptors (Lipinski definition) is 4. The first-order chi connectivity index (χ1) is 13.1. The Labute approximate surface area is 162 Å². The highest BCUT2D eigenvalue weighted by Gasteiger charge is 2.15. The molecule has 0 aliphatic heterocycles. The molecular formula is C21H20N2O3S. The molecule has 6 heteroatoms. The van der Waals surface area contributed by atoms with Gasteiger partial charge in [0.2, 0.25) is 0 Å². The van der Waals surface area contributed by atoms with Crippen molar-refractivity contribution in [2.45, 2.75) is 20.1 Å². The zero-order valence-corrected chi connectivity index (χ0v) is 15.7. The van der Waals surface area contributed by atoms with E-state index in [1.54, 1.807) is 6.07 Å². The van der Waals surface area contributed by atoms with E-state index in [1.807, 2.05) is 67.6 Å². The molecule has 1 heterocycles. The molecule has 0 aliphatic rings. The second-order valence-electron chi connectivity index (χ2n) is 5.94. The van der Waals surface area contributed by atoms with Crippen molar-refractivity contribution in [2.24, 2.45) is 0 Å². The van der Waals surface area contributed by atoms with Gasteiger partial charge in [-0.25, -0.2) is 9.59 Å². The van der Waals surface area contributed by atoms with Gasteiger partial charge in [0.25, 0.3) is 0 Å². The van der Waals surface area contributed by atoms with Crippen LogP contribution in [-0.2, 0) is 17.9 Å². The lowest BCUT2D eigenvalue weighted by atomic mass is 10.2. The lowest BCUT2D eigenvalue weighted by Gasteiger charge is -2.07. The van der Waals surface area contributed by atoms with Crippen LogP contribution in [0.4, 0.5) is 10.5 Å². The molecule has 0 bridgehead atoms. The number of anilines is 1. The third kappa shape index (κ3) is 5.43. The van der Waals surface area contributed by atoms with Crippen molar-refractivity contribution in [1.82, 2.24) is 5.32 Å². The van der Waals surface area contributed by atoms with Crippen LogP contribution in [-0.4, -0.2) is 12.0 Å². The molecule has 5 nitrogen and oxygen atoms in total. The molecule has 2 N–H and O–H groups in total. The summed E-state index contributed by atoms with van der Waals surface area (Å²) in [5, 5.41) is 5.58. The predicted molar refractivity (Wildman–Crippen MR) is 107 cm³/mol. The molecule has 0 spiro atoms. The largest absolute Gasteiger partial charge is 0.457 e. The molecule has 0 fully saturated rings. The zero-order chi connectivity index (χ0) is 19.1.